The average Bonchev–Trinajstić information content (AvgIpc) is 3.16. The van der Waals surface area contributed by atoms with Crippen LogP contribution < -0.4 is 10.3 Å². The van der Waals surface area contributed by atoms with E-state index in [1.165, 1.54) is 12.1 Å². The molecule has 0 unspecified atom stereocenters. The highest BCUT2D eigenvalue weighted by molar-refractivity contribution is 9.10. The quantitative estimate of drug-likeness (QED) is 0.270. The maximum atomic E-state index is 12.4. The van der Waals surface area contributed by atoms with E-state index in [2.05, 4.69) is 50.3 Å². The molecule has 0 fully saturated rings. The van der Waals surface area contributed by atoms with Crippen molar-refractivity contribution in [2.24, 2.45) is 5.10 Å². The summed E-state index contributed by atoms with van der Waals surface area (Å²) < 4.78 is 2.10. The van der Waals surface area contributed by atoms with Crippen LogP contribution in [0.15, 0.2) is 64.3 Å². The summed E-state index contributed by atoms with van der Waals surface area (Å²) in [6.07, 6.45) is 3.25. The third-order valence-electron chi connectivity index (χ3n) is 4.83. The molecular weight excluding hydrogens is 476 g/mol. The minimum Gasteiger partial charge on any atom is -0.372 e. The van der Waals surface area contributed by atoms with Crippen molar-refractivity contribution in [3.8, 4) is 0 Å². The fourth-order valence-electron chi connectivity index (χ4n) is 3.12. The molecule has 3 rings (SSSR count). The molecular formula is C22H23BrN6O3. The fourth-order valence-corrected chi connectivity index (χ4v) is 3.62. The van der Waals surface area contributed by atoms with E-state index >= 15 is 0 Å². The first-order valence-corrected chi connectivity index (χ1v) is 10.8. The smallest absolute Gasteiger partial charge is 0.293 e. The monoisotopic (exact) mass is 498 g/mol. The van der Waals surface area contributed by atoms with Gasteiger partial charge in [0.15, 0.2) is 5.69 Å². The number of anilines is 1. The predicted molar refractivity (Wildman–Crippen MR) is 127 cm³/mol. The summed E-state index contributed by atoms with van der Waals surface area (Å²) in [5.74, 6) is -0.449. The highest BCUT2D eigenvalue weighted by Crippen LogP contribution is 2.18. The van der Waals surface area contributed by atoms with Crippen LogP contribution in [-0.4, -0.2) is 39.9 Å². The van der Waals surface area contributed by atoms with Crippen LogP contribution in [0.3, 0.4) is 0 Å². The minimum absolute atomic E-state index is 0.0241. The van der Waals surface area contributed by atoms with Gasteiger partial charge in [-0.15, -0.1) is 0 Å². The van der Waals surface area contributed by atoms with Gasteiger partial charge < -0.3 is 4.90 Å². The molecule has 1 N–H and O–H groups in total. The number of amides is 1. The molecule has 0 saturated carbocycles. The van der Waals surface area contributed by atoms with Crippen LogP contribution in [0.1, 0.15) is 35.5 Å². The number of hydrogen-bond donors (Lipinski definition) is 1. The Hall–Kier alpha value is -3.53. The van der Waals surface area contributed by atoms with Crippen molar-refractivity contribution in [1.82, 2.24) is 15.2 Å². The van der Waals surface area contributed by atoms with Crippen LogP contribution in [0.25, 0.3) is 0 Å². The Balaban J connectivity index is 1.60. The first kappa shape index (κ1) is 23.1. The Bertz CT molecular complexity index is 1110. The number of rotatable bonds is 9. The lowest BCUT2D eigenvalue weighted by atomic mass is 10.2. The molecule has 1 aromatic heterocycles. The average molecular weight is 499 g/mol. The number of non-ortho nitro benzene ring substituents is 1. The SMILES string of the molecule is CCN(CC)c1ccc(/C=N/NC(=O)c2nn(Cc3ccc([N+](=O)[O-])cc3)cc2Br)cc1. The maximum Gasteiger partial charge on any atom is 0.293 e. The zero-order valence-corrected chi connectivity index (χ0v) is 19.3. The molecule has 0 aliphatic heterocycles. The van der Waals surface area contributed by atoms with E-state index in [4.69, 9.17) is 0 Å². The molecule has 0 bridgehead atoms. The molecule has 10 heteroatoms. The van der Waals surface area contributed by atoms with Crippen LogP contribution in [0, 0.1) is 10.1 Å². The maximum absolute atomic E-state index is 12.4. The number of halogens is 1. The number of nitrogens with zero attached hydrogens (tertiary/aromatic N) is 5. The first-order chi connectivity index (χ1) is 15.4. The summed E-state index contributed by atoms with van der Waals surface area (Å²) >= 11 is 3.34. The molecule has 166 valence electrons. The Morgan fingerprint density at radius 3 is 2.44 bits per heavy atom. The number of carbonyl (C=O) groups is 1. The normalized spacial score (nSPS) is 11.0. The van der Waals surface area contributed by atoms with Gasteiger partial charge in [0.1, 0.15) is 0 Å². The molecule has 0 aliphatic carbocycles. The van der Waals surface area contributed by atoms with Crippen LogP contribution >= 0.6 is 15.9 Å². The van der Waals surface area contributed by atoms with Crippen molar-refractivity contribution in [2.45, 2.75) is 20.4 Å². The number of nitro groups is 1. The van der Waals surface area contributed by atoms with Gasteiger partial charge >= 0.3 is 0 Å². The summed E-state index contributed by atoms with van der Waals surface area (Å²) in [5.41, 5.74) is 5.53. The number of hydrazone groups is 1. The predicted octanol–water partition coefficient (Wildman–Crippen LogP) is 4.21. The van der Waals surface area contributed by atoms with E-state index in [1.807, 2.05) is 24.3 Å². The summed E-state index contributed by atoms with van der Waals surface area (Å²) in [7, 11) is 0. The molecule has 3 aromatic rings. The third-order valence-corrected chi connectivity index (χ3v) is 5.41. The highest BCUT2D eigenvalue weighted by atomic mass is 79.9. The molecule has 2 aromatic carbocycles. The van der Waals surface area contributed by atoms with Crippen molar-refractivity contribution in [2.75, 3.05) is 18.0 Å². The Labute approximate surface area is 194 Å². The molecule has 0 radical (unpaired) electrons. The van der Waals surface area contributed by atoms with Gasteiger partial charge in [-0.1, -0.05) is 24.3 Å². The number of aromatic nitrogens is 2. The lowest BCUT2D eigenvalue weighted by molar-refractivity contribution is -0.384. The van der Waals surface area contributed by atoms with Gasteiger partial charge in [0, 0.05) is 37.1 Å². The number of nitrogens with one attached hydrogen (secondary N) is 1. The van der Waals surface area contributed by atoms with Crippen molar-refractivity contribution in [3.63, 3.8) is 0 Å². The van der Waals surface area contributed by atoms with E-state index in [1.54, 1.807) is 29.2 Å². The number of carbonyl (C=O) groups excluding carboxylic acids is 1. The molecule has 9 nitrogen and oxygen atoms in total. The molecule has 1 amide bonds. The van der Waals surface area contributed by atoms with Gasteiger partial charge in [0.25, 0.3) is 11.6 Å². The van der Waals surface area contributed by atoms with Crippen LogP contribution in [0.2, 0.25) is 0 Å². The fraction of sp³-hybridized carbons (Fsp3) is 0.227. The summed E-state index contributed by atoms with van der Waals surface area (Å²) in [4.78, 5) is 25.0. The van der Waals surface area contributed by atoms with Crippen LogP contribution in [0.5, 0.6) is 0 Å². The van der Waals surface area contributed by atoms with Gasteiger partial charge in [-0.2, -0.15) is 10.2 Å². The molecule has 0 saturated heterocycles. The standard InChI is InChI=1S/C22H23BrN6O3/c1-3-27(4-2)18-9-5-16(6-10-18)13-24-25-22(30)21-20(23)15-28(26-21)14-17-7-11-19(12-8-17)29(31)32/h5-13,15H,3-4,14H2,1-2H3,(H,25,30)/b24-13+. The van der Waals surface area contributed by atoms with E-state index in [0.717, 1.165) is 29.9 Å². The van der Waals surface area contributed by atoms with Gasteiger partial charge in [-0.05, 0) is 53.0 Å². The summed E-state index contributed by atoms with van der Waals surface area (Å²) in [6, 6.07) is 14.1. The van der Waals surface area contributed by atoms with E-state index in [9.17, 15) is 14.9 Å². The lowest BCUT2D eigenvalue weighted by Crippen LogP contribution is -2.21. The van der Waals surface area contributed by atoms with E-state index in [0.29, 0.717) is 11.0 Å². The lowest BCUT2D eigenvalue weighted by Gasteiger charge is -2.20. The largest absolute Gasteiger partial charge is 0.372 e. The number of benzene rings is 2. The molecule has 1 heterocycles. The minimum atomic E-state index is -0.449. The first-order valence-electron chi connectivity index (χ1n) is 10.1. The Morgan fingerprint density at radius 2 is 1.84 bits per heavy atom. The molecule has 0 aliphatic rings. The van der Waals surface area contributed by atoms with Crippen molar-refractivity contribution >= 4 is 39.4 Å². The van der Waals surface area contributed by atoms with Gasteiger partial charge in [0.05, 0.1) is 22.2 Å². The zero-order valence-electron chi connectivity index (χ0n) is 17.7. The van der Waals surface area contributed by atoms with Gasteiger partial charge in [-0.3, -0.25) is 19.6 Å². The van der Waals surface area contributed by atoms with Crippen molar-refractivity contribution in [3.05, 3.63) is 86.1 Å². The molecule has 0 atom stereocenters. The Morgan fingerprint density at radius 1 is 1.19 bits per heavy atom. The van der Waals surface area contributed by atoms with Gasteiger partial charge in [-0.25, -0.2) is 5.43 Å². The highest BCUT2D eigenvalue weighted by Gasteiger charge is 2.15. The topological polar surface area (TPSA) is 106 Å². The van der Waals surface area contributed by atoms with Gasteiger partial charge in [0.2, 0.25) is 0 Å². The van der Waals surface area contributed by atoms with Crippen LogP contribution in [0.4, 0.5) is 11.4 Å². The third kappa shape index (κ3) is 5.79. The Kier molecular flexibility index (Phi) is 7.72. The second-order valence-corrected chi connectivity index (χ2v) is 7.76. The van der Waals surface area contributed by atoms with Crippen LogP contribution in [-0.2, 0) is 6.54 Å². The molecule has 0 spiro atoms. The number of nitro benzene ring substituents is 1. The van der Waals surface area contributed by atoms with Crippen molar-refractivity contribution in [1.29, 1.82) is 0 Å². The second-order valence-electron chi connectivity index (χ2n) is 6.91. The molecule has 32 heavy (non-hydrogen) atoms. The summed E-state index contributed by atoms with van der Waals surface area (Å²) in [5, 5.41) is 19.1. The van der Waals surface area contributed by atoms with E-state index < -0.39 is 10.8 Å². The number of hydrogen-bond acceptors (Lipinski definition) is 6. The van der Waals surface area contributed by atoms with Crippen molar-refractivity contribution < 1.29 is 9.72 Å². The second kappa shape index (κ2) is 10.7. The zero-order chi connectivity index (χ0) is 23.1. The van der Waals surface area contributed by atoms with E-state index in [-0.39, 0.29) is 11.4 Å². The summed E-state index contributed by atoms with van der Waals surface area (Å²) in [6.45, 7) is 6.46.